The Morgan fingerprint density at radius 2 is 1.11 bits per heavy atom. The van der Waals surface area contributed by atoms with Gasteiger partial charge >= 0.3 is 0 Å². The van der Waals surface area contributed by atoms with Crippen LogP contribution in [0.4, 0.5) is 30.7 Å². The zero-order valence-corrected chi connectivity index (χ0v) is 17.8. The molecule has 5 aromatic rings. The number of rotatable bonds is 3. The van der Waals surface area contributed by atoms with Gasteiger partial charge in [-0.25, -0.2) is 30.7 Å². The van der Waals surface area contributed by atoms with Crippen LogP contribution in [0.15, 0.2) is 60.7 Å². The second-order valence-corrected chi connectivity index (χ2v) is 7.78. The maximum absolute atomic E-state index is 15.4. The van der Waals surface area contributed by atoms with E-state index in [9.17, 15) is 17.6 Å². The van der Waals surface area contributed by atoms with Crippen molar-refractivity contribution in [2.24, 2.45) is 0 Å². The molecule has 0 N–H and O–H groups in total. The van der Waals surface area contributed by atoms with Crippen molar-refractivity contribution >= 4 is 21.5 Å². The molecule has 0 fully saturated rings. The van der Waals surface area contributed by atoms with E-state index in [4.69, 9.17) is 4.74 Å². The first-order chi connectivity index (χ1) is 16.7. The third-order valence-corrected chi connectivity index (χ3v) is 5.89. The summed E-state index contributed by atoms with van der Waals surface area (Å²) in [6.07, 6.45) is 0. The van der Waals surface area contributed by atoms with Crippen LogP contribution in [0.5, 0.6) is 5.75 Å². The summed E-state index contributed by atoms with van der Waals surface area (Å²) in [7, 11) is 1.42. The molecule has 35 heavy (non-hydrogen) atoms. The van der Waals surface area contributed by atoms with Crippen LogP contribution in [-0.2, 0) is 0 Å². The van der Waals surface area contributed by atoms with Crippen LogP contribution in [0.3, 0.4) is 0 Å². The van der Waals surface area contributed by atoms with Crippen molar-refractivity contribution in [1.29, 1.82) is 0 Å². The molecule has 0 spiro atoms. The van der Waals surface area contributed by atoms with Crippen molar-refractivity contribution in [2.45, 2.75) is 0 Å². The van der Waals surface area contributed by atoms with Gasteiger partial charge in [-0.1, -0.05) is 30.3 Å². The van der Waals surface area contributed by atoms with Crippen LogP contribution in [0.25, 0.3) is 43.8 Å². The van der Waals surface area contributed by atoms with Gasteiger partial charge in [0.05, 0.1) is 7.11 Å². The lowest BCUT2D eigenvalue weighted by molar-refractivity contribution is 0.415. The molecule has 0 aliphatic carbocycles. The molecule has 0 atom stereocenters. The van der Waals surface area contributed by atoms with Gasteiger partial charge in [-0.3, -0.25) is 0 Å². The molecule has 0 aromatic heterocycles. The number of hydrogen-bond donors (Lipinski definition) is 0. The summed E-state index contributed by atoms with van der Waals surface area (Å²) in [5.41, 5.74) is -0.583. The fraction of sp³-hybridized carbons (Fsp3) is 0.0370. The highest BCUT2D eigenvalue weighted by Crippen LogP contribution is 2.47. The monoisotopic (exact) mass is 486 g/mol. The van der Waals surface area contributed by atoms with E-state index in [0.29, 0.717) is 17.9 Å². The molecule has 0 bridgehead atoms. The van der Waals surface area contributed by atoms with Crippen molar-refractivity contribution in [3.63, 3.8) is 0 Å². The molecule has 0 aliphatic rings. The molecule has 0 aliphatic heterocycles. The molecule has 0 radical (unpaired) electrons. The largest absolute Gasteiger partial charge is 0.497 e. The van der Waals surface area contributed by atoms with E-state index < -0.39 is 57.1 Å². The van der Waals surface area contributed by atoms with Crippen LogP contribution < -0.4 is 4.74 Å². The molecule has 5 aromatic carbocycles. The van der Waals surface area contributed by atoms with Crippen LogP contribution in [0, 0.1) is 40.7 Å². The van der Waals surface area contributed by atoms with Gasteiger partial charge in [0, 0.05) is 27.3 Å². The summed E-state index contributed by atoms with van der Waals surface area (Å²) in [6.45, 7) is 0. The summed E-state index contributed by atoms with van der Waals surface area (Å²) in [6, 6.07) is 12.1. The van der Waals surface area contributed by atoms with E-state index in [2.05, 4.69) is 0 Å². The quantitative estimate of drug-likeness (QED) is 0.108. The predicted octanol–water partition coefficient (Wildman–Crippen LogP) is 8.31. The van der Waals surface area contributed by atoms with Crippen molar-refractivity contribution in [2.75, 3.05) is 7.11 Å². The van der Waals surface area contributed by atoms with Crippen molar-refractivity contribution in [3.05, 3.63) is 101 Å². The Hall–Kier alpha value is -4.07. The lowest BCUT2D eigenvalue weighted by Crippen LogP contribution is -2.03. The van der Waals surface area contributed by atoms with Crippen molar-refractivity contribution < 1.29 is 35.5 Å². The zero-order valence-electron chi connectivity index (χ0n) is 17.8. The van der Waals surface area contributed by atoms with Gasteiger partial charge in [0.15, 0.2) is 34.9 Å². The molecule has 1 nitrogen and oxygen atoms in total. The van der Waals surface area contributed by atoms with Crippen LogP contribution in [-0.4, -0.2) is 7.11 Å². The molecule has 176 valence electrons. The average Bonchev–Trinajstić information content (AvgIpc) is 2.86. The molecule has 0 unspecified atom stereocenters. The molecule has 5 rings (SSSR count). The van der Waals surface area contributed by atoms with Gasteiger partial charge in [0.2, 0.25) is 0 Å². The second kappa shape index (κ2) is 8.30. The maximum atomic E-state index is 15.4. The topological polar surface area (TPSA) is 9.23 Å². The third kappa shape index (κ3) is 3.39. The summed E-state index contributed by atoms with van der Waals surface area (Å²) in [4.78, 5) is 0. The van der Waals surface area contributed by atoms with Gasteiger partial charge in [0.1, 0.15) is 11.6 Å². The van der Waals surface area contributed by atoms with E-state index in [1.165, 1.54) is 43.5 Å². The summed E-state index contributed by atoms with van der Waals surface area (Å²) < 4.78 is 108. The number of halogens is 7. The summed E-state index contributed by atoms with van der Waals surface area (Å²) in [5.74, 6) is -10.7. The Morgan fingerprint density at radius 3 is 1.71 bits per heavy atom. The standard InChI is InChI=1S/C27H13F7O/c1-35-14-8-5-12(6-9-14)19-15-3-2-4-17(29)21(15)20(13-7-10-16(28)18(30)11-13)23-22(19)24(31)26(33)27(34)25(23)32/h2-11H,1H3. The molecule has 0 saturated carbocycles. The minimum Gasteiger partial charge on any atom is -0.497 e. The average molecular weight is 486 g/mol. The van der Waals surface area contributed by atoms with Crippen LogP contribution in [0.2, 0.25) is 0 Å². The SMILES string of the molecule is COc1ccc(-c2c3cccc(F)c3c(-c3ccc(F)c(F)c3)c3c(F)c(F)c(F)c(F)c23)cc1. The highest BCUT2D eigenvalue weighted by molar-refractivity contribution is 6.21. The molecule has 0 amide bonds. The van der Waals surface area contributed by atoms with E-state index in [-0.39, 0.29) is 27.5 Å². The van der Waals surface area contributed by atoms with Crippen molar-refractivity contribution in [3.8, 4) is 28.0 Å². The van der Waals surface area contributed by atoms with Crippen LogP contribution >= 0.6 is 0 Å². The Labute approximate surface area is 194 Å². The minimum atomic E-state index is -2.12. The predicted molar refractivity (Wildman–Crippen MR) is 119 cm³/mol. The van der Waals surface area contributed by atoms with Gasteiger partial charge in [-0.15, -0.1) is 0 Å². The molecule has 0 heterocycles. The number of ether oxygens (including phenoxy) is 1. The Kier molecular flexibility index (Phi) is 5.39. The lowest BCUT2D eigenvalue weighted by Gasteiger charge is -2.20. The fourth-order valence-corrected chi connectivity index (χ4v) is 4.35. The van der Waals surface area contributed by atoms with E-state index >= 15 is 13.2 Å². The smallest absolute Gasteiger partial charge is 0.198 e. The van der Waals surface area contributed by atoms with E-state index in [1.54, 1.807) is 0 Å². The summed E-state index contributed by atoms with van der Waals surface area (Å²) in [5, 5.41) is -1.77. The first kappa shape index (κ1) is 22.7. The van der Waals surface area contributed by atoms with Crippen molar-refractivity contribution in [1.82, 2.24) is 0 Å². The number of methoxy groups -OCH3 is 1. The normalized spacial score (nSPS) is 11.4. The number of hydrogen-bond acceptors (Lipinski definition) is 1. The lowest BCUT2D eigenvalue weighted by atomic mass is 9.85. The number of fused-ring (bicyclic) bond motifs is 2. The van der Waals surface area contributed by atoms with Gasteiger partial charge < -0.3 is 4.74 Å². The minimum absolute atomic E-state index is 0.0201. The van der Waals surface area contributed by atoms with Gasteiger partial charge in [0.25, 0.3) is 0 Å². The molecule has 0 saturated heterocycles. The van der Waals surface area contributed by atoms with Crippen LogP contribution in [0.1, 0.15) is 0 Å². The highest BCUT2D eigenvalue weighted by Gasteiger charge is 2.29. The van der Waals surface area contributed by atoms with E-state index in [0.717, 1.165) is 12.1 Å². The van der Waals surface area contributed by atoms with Gasteiger partial charge in [-0.05, 0) is 46.8 Å². The van der Waals surface area contributed by atoms with E-state index in [1.807, 2.05) is 0 Å². The fourth-order valence-electron chi connectivity index (χ4n) is 4.35. The molecular formula is C27H13F7O. The first-order valence-corrected chi connectivity index (χ1v) is 10.2. The Morgan fingerprint density at radius 1 is 0.514 bits per heavy atom. The molecular weight excluding hydrogens is 473 g/mol. The molecule has 8 heteroatoms. The number of benzene rings is 5. The van der Waals surface area contributed by atoms with Gasteiger partial charge in [-0.2, -0.15) is 0 Å². The maximum Gasteiger partial charge on any atom is 0.198 e. The highest BCUT2D eigenvalue weighted by atomic mass is 19.2. The first-order valence-electron chi connectivity index (χ1n) is 10.2. The third-order valence-electron chi connectivity index (χ3n) is 5.89. The Balaban J connectivity index is 2.10. The summed E-state index contributed by atoms with van der Waals surface area (Å²) >= 11 is 0. The Bertz CT molecular complexity index is 1640. The zero-order chi connectivity index (χ0) is 25.0. The second-order valence-electron chi connectivity index (χ2n) is 7.78.